The number of pyridine rings is 1. The van der Waals surface area contributed by atoms with Crippen LogP contribution in [0, 0.1) is 12.7 Å². The maximum absolute atomic E-state index is 13.2. The van der Waals surface area contributed by atoms with Crippen molar-refractivity contribution >= 4 is 21.6 Å². The van der Waals surface area contributed by atoms with Gasteiger partial charge in [0.2, 0.25) is 0 Å². The summed E-state index contributed by atoms with van der Waals surface area (Å²) in [5.74, 6) is 5.49. The van der Waals surface area contributed by atoms with E-state index in [1.54, 1.807) is 17.4 Å². The molecule has 2 heterocycles. The minimum Gasteiger partial charge on any atom is -0.271 e. The highest BCUT2D eigenvalue weighted by Crippen LogP contribution is 2.25. The van der Waals surface area contributed by atoms with Crippen LogP contribution in [0.5, 0.6) is 0 Å². The number of nitrogens with two attached hydrogens (primary N) is 1. The molecule has 3 rings (SSSR count). The van der Waals surface area contributed by atoms with Gasteiger partial charge in [0.25, 0.3) is 0 Å². The van der Waals surface area contributed by atoms with Crippen LogP contribution in [0.25, 0.3) is 10.2 Å². The third kappa shape index (κ3) is 2.95. The van der Waals surface area contributed by atoms with E-state index < -0.39 is 0 Å². The molecule has 21 heavy (non-hydrogen) atoms. The summed E-state index contributed by atoms with van der Waals surface area (Å²) in [4.78, 5) is 4.44. The lowest BCUT2D eigenvalue weighted by atomic mass is 9.97. The molecule has 0 aliphatic heterocycles. The van der Waals surface area contributed by atoms with Crippen molar-refractivity contribution < 1.29 is 4.39 Å². The number of hydrazine groups is 1. The van der Waals surface area contributed by atoms with Gasteiger partial charge in [0.1, 0.15) is 5.82 Å². The molecular weight excluding hydrogens is 285 g/mol. The Bertz CT molecular complexity index is 769. The number of fused-ring (bicyclic) bond motifs is 1. The second-order valence-corrected chi connectivity index (χ2v) is 6.01. The van der Waals surface area contributed by atoms with E-state index in [4.69, 9.17) is 5.84 Å². The molecule has 3 N–H and O–H groups in total. The van der Waals surface area contributed by atoms with Crippen molar-refractivity contribution in [2.24, 2.45) is 5.84 Å². The molecule has 0 radical (unpaired) electrons. The van der Waals surface area contributed by atoms with Crippen molar-refractivity contribution in [2.45, 2.75) is 19.4 Å². The van der Waals surface area contributed by atoms with Gasteiger partial charge in [-0.05, 0) is 59.7 Å². The van der Waals surface area contributed by atoms with Gasteiger partial charge in [0.15, 0.2) is 0 Å². The van der Waals surface area contributed by atoms with Crippen LogP contribution in [0.2, 0.25) is 0 Å². The van der Waals surface area contributed by atoms with Gasteiger partial charge in [0.05, 0.1) is 16.3 Å². The van der Waals surface area contributed by atoms with Crippen molar-refractivity contribution in [2.75, 3.05) is 0 Å². The molecule has 5 heteroatoms. The molecule has 3 nitrogen and oxygen atoms in total. The highest BCUT2D eigenvalue weighted by molar-refractivity contribution is 7.17. The average molecular weight is 301 g/mol. The smallest absolute Gasteiger partial charge is 0.123 e. The van der Waals surface area contributed by atoms with Crippen molar-refractivity contribution in [3.8, 4) is 0 Å². The minimum atomic E-state index is -0.213. The standard InChI is InChI=1S/C16H16FN3S/c1-10-6-13(17)3-2-11(10)7-15(20-18)12-8-16-14(19-9-12)4-5-21-16/h2-6,8-9,15,20H,7,18H2,1H3. The third-order valence-corrected chi connectivity index (χ3v) is 4.51. The summed E-state index contributed by atoms with van der Waals surface area (Å²) in [6, 6.07) is 8.90. The Labute approximate surface area is 126 Å². The van der Waals surface area contributed by atoms with Crippen LogP contribution in [-0.2, 0) is 6.42 Å². The fourth-order valence-electron chi connectivity index (χ4n) is 2.43. The molecule has 108 valence electrons. The monoisotopic (exact) mass is 301 g/mol. The Morgan fingerprint density at radius 3 is 2.95 bits per heavy atom. The summed E-state index contributed by atoms with van der Waals surface area (Å²) < 4.78 is 14.3. The predicted octanol–water partition coefficient (Wildman–Crippen LogP) is 3.49. The van der Waals surface area contributed by atoms with Gasteiger partial charge in [-0.25, -0.2) is 4.39 Å². The number of thiophene rings is 1. The summed E-state index contributed by atoms with van der Waals surface area (Å²) in [6.45, 7) is 1.91. The maximum Gasteiger partial charge on any atom is 0.123 e. The number of halogens is 1. The molecule has 0 bridgehead atoms. The van der Waals surface area contributed by atoms with Gasteiger partial charge in [-0.2, -0.15) is 0 Å². The number of aryl methyl sites for hydroxylation is 1. The molecule has 2 aromatic heterocycles. The summed E-state index contributed by atoms with van der Waals surface area (Å²) in [7, 11) is 0. The largest absolute Gasteiger partial charge is 0.271 e. The van der Waals surface area contributed by atoms with Crippen LogP contribution >= 0.6 is 11.3 Å². The topological polar surface area (TPSA) is 50.9 Å². The predicted molar refractivity (Wildman–Crippen MR) is 84.5 cm³/mol. The molecule has 0 aliphatic carbocycles. The van der Waals surface area contributed by atoms with Crippen LogP contribution in [0.15, 0.2) is 41.9 Å². The number of hydrogen-bond donors (Lipinski definition) is 2. The Morgan fingerprint density at radius 1 is 1.33 bits per heavy atom. The van der Waals surface area contributed by atoms with E-state index in [2.05, 4.69) is 16.5 Å². The summed E-state index contributed by atoms with van der Waals surface area (Å²) >= 11 is 1.66. The summed E-state index contributed by atoms with van der Waals surface area (Å²) in [5.41, 5.74) is 6.88. The summed E-state index contributed by atoms with van der Waals surface area (Å²) in [6.07, 6.45) is 2.54. The number of nitrogens with one attached hydrogen (secondary N) is 1. The Kier molecular flexibility index (Phi) is 3.96. The van der Waals surface area contributed by atoms with E-state index >= 15 is 0 Å². The van der Waals surface area contributed by atoms with Gasteiger partial charge >= 0.3 is 0 Å². The minimum absolute atomic E-state index is 0.0480. The summed E-state index contributed by atoms with van der Waals surface area (Å²) in [5, 5.41) is 2.02. The average Bonchev–Trinajstić information content (AvgIpc) is 2.94. The Hall–Kier alpha value is -1.82. The molecule has 0 saturated carbocycles. The van der Waals surface area contributed by atoms with Gasteiger partial charge in [-0.3, -0.25) is 16.3 Å². The molecule has 1 aromatic carbocycles. The fraction of sp³-hybridized carbons (Fsp3) is 0.188. The van der Waals surface area contributed by atoms with Crippen LogP contribution in [-0.4, -0.2) is 4.98 Å². The lowest BCUT2D eigenvalue weighted by Crippen LogP contribution is -2.29. The van der Waals surface area contributed by atoms with E-state index in [0.717, 1.165) is 26.9 Å². The lowest BCUT2D eigenvalue weighted by molar-refractivity contribution is 0.548. The molecule has 0 fully saturated rings. The molecule has 0 amide bonds. The van der Waals surface area contributed by atoms with E-state index in [-0.39, 0.29) is 11.9 Å². The molecular formula is C16H16FN3S. The molecule has 0 spiro atoms. The first-order valence-electron chi connectivity index (χ1n) is 6.71. The van der Waals surface area contributed by atoms with Crippen molar-refractivity contribution in [1.82, 2.24) is 10.4 Å². The molecule has 3 aromatic rings. The van der Waals surface area contributed by atoms with Crippen molar-refractivity contribution in [3.63, 3.8) is 0 Å². The van der Waals surface area contributed by atoms with E-state index in [0.29, 0.717) is 6.42 Å². The Balaban J connectivity index is 1.90. The number of aromatic nitrogens is 1. The van der Waals surface area contributed by atoms with E-state index in [1.807, 2.05) is 30.6 Å². The van der Waals surface area contributed by atoms with E-state index in [1.165, 1.54) is 6.07 Å². The van der Waals surface area contributed by atoms with Gasteiger partial charge in [0, 0.05) is 6.20 Å². The normalized spacial score (nSPS) is 12.7. The zero-order chi connectivity index (χ0) is 14.8. The third-order valence-electron chi connectivity index (χ3n) is 3.66. The first-order chi connectivity index (χ1) is 10.2. The van der Waals surface area contributed by atoms with Crippen molar-refractivity contribution in [3.05, 3.63) is 64.4 Å². The lowest BCUT2D eigenvalue weighted by Gasteiger charge is -2.17. The van der Waals surface area contributed by atoms with Gasteiger partial charge < -0.3 is 0 Å². The first-order valence-corrected chi connectivity index (χ1v) is 7.59. The molecule has 1 atom stereocenters. The number of nitrogens with zero attached hydrogens (tertiary/aromatic N) is 1. The SMILES string of the molecule is Cc1cc(F)ccc1CC(NN)c1cnc2ccsc2c1. The molecule has 0 saturated heterocycles. The zero-order valence-electron chi connectivity index (χ0n) is 11.6. The van der Waals surface area contributed by atoms with Crippen LogP contribution in [0.4, 0.5) is 4.39 Å². The maximum atomic E-state index is 13.2. The quantitative estimate of drug-likeness (QED) is 0.573. The Morgan fingerprint density at radius 2 is 2.19 bits per heavy atom. The number of benzene rings is 1. The molecule has 1 unspecified atom stereocenters. The van der Waals surface area contributed by atoms with Crippen LogP contribution in [0.1, 0.15) is 22.7 Å². The fourth-order valence-corrected chi connectivity index (χ4v) is 3.22. The van der Waals surface area contributed by atoms with Gasteiger partial charge in [-0.1, -0.05) is 6.07 Å². The second-order valence-electron chi connectivity index (χ2n) is 5.07. The molecule has 0 aliphatic rings. The van der Waals surface area contributed by atoms with Crippen molar-refractivity contribution in [1.29, 1.82) is 0 Å². The van der Waals surface area contributed by atoms with Crippen LogP contribution < -0.4 is 11.3 Å². The second kappa shape index (κ2) is 5.89. The number of rotatable bonds is 4. The zero-order valence-corrected chi connectivity index (χ0v) is 12.5. The highest BCUT2D eigenvalue weighted by atomic mass is 32.1. The highest BCUT2D eigenvalue weighted by Gasteiger charge is 2.13. The number of hydrogen-bond acceptors (Lipinski definition) is 4. The van der Waals surface area contributed by atoms with E-state index in [9.17, 15) is 4.39 Å². The van der Waals surface area contributed by atoms with Gasteiger partial charge in [-0.15, -0.1) is 11.3 Å². The van der Waals surface area contributed by atoms with Crippen LogP contribution in [0.3, 0.4) is 0 Å². The first kappa shape index (κ1) is 14.1.